The second-order valence-corrected chi connectivity index (χ2v) is 4.98. The molecule has 1 aliphatic heterocycles. The average Bonchev–Trinajstić information content (AvgIpc) is 3.08. The van der Waals surface area contributed by atoms with E-state index >= 15 is 0 Å². The molecule has 1 aliphatic rings. The summed E-state index contributed by atoms with van der Waals surface area (Å²) in [5, 5.41) is 8.78. The van der Waals surface area contributed by atoms with Crippen molar-refractivity contribution in [1.82, 2.24) is 16.0 Å². The van der Waals surface area contributed by atoms with Crippen molar-refractivity contribution in [3.05, 3.63) is 23.7 Å². The van der Waals surface area contributed by atoms with E-state index in [-0.39, 0.29) is 17.9 Å². The summed E-state index contributed by atoms with van der Waals surface area (Å²) in [4.78, 5) is 23.4. The minimum Gasteiger partial charge on any atom is -0.459 e. The van der Waals surface area contributed by atoms with Crippen LogP contribution in [0.25, 0.3) is 0 Å². The van der Waals surface area contributed by atoms with Crippen molar-refractivity contribution in [2.45, 2.75) is 32.2 Å². The fraction of sp³-hybridized carbons (Fsp3) is 0.571. The molecule has 0 saturated carbocycles. The van der Waals surface area contributed by atoms with Crippen molar-refractivity contribution < 1.29 is 14.0 Å². The first-order chi connectivity index (χ1) is 9.68. The number of rotatable bonds is 6. The van der Waals surface area contributed by atoms with Crippen LogP contribution >= 0.6 is 0 Å². The van der Waals surface area contributed by atoms with Gasteiger partial charge in [-0.3, -0.25) is 9.59 Å². The summed E-state index contributed by atoms with van der Waals surface area (Å²) in [6.45, 7) is 3.82. The molecule has 0 radical (unpaired) electrons. The number of carbonyl (C=O) groups is 2. The van der Waals surface area contributed by atoms with Crippen LogP contribution in [0.1, 0.15) is 35.4 Å². The molecule has 2 heterocycles. The van der Waals surface area contributed by atoms with Crippen molar-refractivity contribution in [2.75, 3.05) is 19.6 Å². The van der Waals surface area contributed by atoms with Crippen molar-refractivity contribution in [2.24, 2.45) is 0 Å². The molecule has 3 N–H and O–H groups in total. The van der Waals surface area contributed by atoms with Gasteiger partial charge in [0.25, 0.3) is 5.91 Å². The average molecular weight is 279 g/mol. The Balaban J connectivity index is 1.58. The molecular formula is C14H21N3O3. The molecule has 6 heteroatoms. The monoisotopic (exact) mass is 279 g/mol. The highest BCUT2D eigenvalue weighted by atomic mass is 16.3. The van der Waals surface area contributed by atoms with Crippen LogP contribution in [0.15, 0.2) is 16.7 Å². The molecule has 1 atom stereocenters. The van der Waals surface area contributed by atoms with Gasteiger partial charge in [-0.1, -0.05) is 0 Å². The zero-order valence-electron chi connectivity index (χ0n) is 11.7. The zero-order valence-corrected chi connectivity index (χ0v) is 11.7. The highest BCUT2D eigenvalue weighted by Gasteiger charge is 2.21. The topological polar surface area (TPSA) is 83.4 Å². The van der Waals surface area contributed by atoms with Gasteiger partial charge in [0.15, 0.2) is 5.76 Å². The second kappa shape index (κ2) is 7.09. The van der Waals surface area contributed by atoms with Crippen molar-refractivity contribution in [3.8, 4) is 0 Å². The third-order valence-corrected chi connectivity index (χ3v) is 3.38. The van der Waals surface area contributed by atoms with Gasteiger partial charge >= 0.3 is 0 Å². The maximum absolute atomic E-state index is 11.7. The lowest BCUT2D eigenvalue weighted by Gasteiger charge is -2.11. The number of hydrogen-bond acceptors (Lipinski definition) is 4. The van der Waals surface area contributed by atoms with Gasteiger partial charge in [-0.2, -0.15) is 0 Å². The molecule has 0 bridgehead atoms. The molecule has 0 aromatic carbocycles. The third-order valence-electron chi connectivity index (χ3n) is 3.38. The molecule has 2 amide bonds. The van der Waals surface area contributed by atoms with E-state index in [1.165, 1.54) is 6.26 Å². The summed E-state index contributed by atoms with van der Waals surface area (Å²) < 4.78 is 5.10. The van der Waals surface area contributed by atoms with Gasteiger partial charge in [-0.15, -0.1) is 0 Å². The highest BCUT2D eigenvalue weighted by Crippen LogP contribution is 2.08. The maximum Gasteiger partial charge on any atom is 0.287 e. The molecule has 0 aliphatic carbocycles. The van der Waals surface area contributed by atoms with E-state index in [1.807, 2.05) is 6.92 Å². The molecule has 20 heavy (non-hydrogen) atoms. The lowest BCUT2D eigenvalue weighted by atomic mass is 10.2. The SMILES string of the molecule is Cc1ccoc1C(=O)NCCCNC(=O)C1CCCN1. The first-order valence-corrected chi connectivity index (χ1v) is 7.02. The number of furan rings is 1. The van der Waals surface area contributed by atoms with Gasteiger partial charge in [0.2, 0.25) is 5.91 Å². The molecule has 1 fully saturated rings. The summed E-state index contributed by atoms with van der Waals surface area (Å²) >= 11 is 0. The predicted octanol–water partition coefficient (Wildman–Crippen LogP) is 0.576. The largest absolute Gasteiger partial charge is 0.459 e. The van der Waals surface area contributed by atoms with E-state index in [9.17, 15) is 9.59 Å². The smallest absolute Gasteiger partial charge is 0.287 e. The van der Waals surface area contributed by atoms with Crippen molar-refractivity contribution in [3.63, 3.8) is 0 Å². The second-order valence-electron chi connectivity index (χ2n) is 4.98. The maximum atomic E-state index is 11.7. The van der Waals surface area contributed by atoms with Crippen LogP contribution in [-0.4, -0.2) is 37.5 Å². The minimum absolute atomic E-state index is 0.0460. The summed E-state index contributed by atoms with van der Waals surface area (Å²) in [5.41, 5.74) is 0.822. The van der Waals surface area contributed by atoms with Crippen LogP contribution in [0.5, 0.6) is 0 Å². The van der Waals surface area contributed by atoms with E-state index in [4.69, 9.17) is 4.42 Å². The van der Waals surface area contributed by atoms with Crippen LogP contribution in [0.3, 0.4) is 0 Å². The molecule has 2 rings (SSSR count). The Kier molecular flexibility index (Phi) is 5.17. The highest BCUT2D eigenvalue weighted by molar-refractivity contribution is 5.92. The summed E-state index contributed by atoms with van der Waals surface area (Å²) in [6, 6.07) is 1.71. The minimum atomic E-state index is -0.212. The normalized spacial score (nSPS) is 17.9. The Labute approximate surface area is 118 Å². The van der Waals surface area contributed by atoms with Gasteiger partial charge in [0.05, 0.1) is 12.3 Å². The molecular weight excluding hydrogens is 258 g/mol. The van der Waals surface area contributed by atoms with Crippen LogP contribution in [0.4, 0.5) is 0 Å². The van der Waals surface area contributed by atoms with Gasteiger partial charge in [0, 0.05) is 18.7 Å². The Morgan fingerprint density at radius 3 is 2.85 bits per heavy atom. The summed E-state index contributed by atoms with van der Waals surface area (Å²) in [5.74, 6) is 0.191. The molecule has 1 aromatic rings. The fourth-order valence-electron chi connectivity index (χ4n) is 2.22. The van der Waals surface area contributed by atoms with Gasteiger partial charge in [-0.25, -0.2) is 0 Å². The van der Waals surface area contributed by atoms with E-state index in [2.05, 4.69) is 16.0 Å². The molecule has 1 aromatic heterocycles. The fourth-order valence-corrected chi connectivity index (χ4v) is 2.22. The Hall–Kier alpha value is -1.82. The third kappa shape index (κ3) is 3.84. The zero-order chi connectivity index (χ0) is 14.4. The number of aryl methyl sites for hydroxylation is 1. The van der Waals surface area contributed by atoms with Crippen LogP contribution in [-0.2, 0) is 4.79 Å². The van der Waals surface area contributed by atoms with Gasteiger partial charge in [0.1, 0.15) is 0 Å². The molecule has 6 nitrogen and oxygen atoms in total. The summed E-state index contributed by atoms with van der Waals surface area (Å²) in [7, 11) is 0. The first-order valence-electron chi connectivity index (χ1n) is 7.02. The first kappa shape index (κ1) is 14.6. The van der Waals surface area contributed by atoms with Crippen molar-refractivity contribution in [1.29, 1.82) is 0 Å². The van der Waals surface area contributed by atoms with Crippen LogP contribution < -0.4 is 16.0 Å². The molecule has 1 saturated heterocycles. The number of amides is 2. The van der Waals surface area contributed by atoms with Crippen LogP contribution in [0.2, 0.25) is 0 Å². The lowest BCUT2D eigenvalue weighted by molar-refractivity contribution is -0.122. The van der Waals surface area contributed by atoms with E-state index in [0.717, 1.165) is 24.9 Å². The van der Waals surface area contributed by atoms with Crippen LogP contribution in [0, 0.1) is 6.92 Å². The Bertz CT molecular complexity index is 464. The van der Waals surface area contributed by atoms with E-state index < -0.39 is 0 Å². The van der Waals surface area contributed by atoms with Gasteiger partial charge < -0.3 is 20.4 Å². The van der Waals surface area contributed by atoms with E-state index in [1.54, 1.807) is 6.07 Å². The Morgan fingerprint density at radius 1 is 1.40 bits per heavy atom. The molecule has 110 valence electrons. The Morgan fingerprint density at radius 2 is 2.20 bits per heavy atom. The van der Waals surface area contributed by atoms with Crippen molar-refractivity contribution >= 4 is 11.8 Å². The molecule has 1 unspecified atom stereocenters. The summed E-state index contributed by atoms with van der Waals surface area (Å²) in [6.07, 6.45) is 4.15. The number of nitrogens with one attached hydrogen (secondary N) is 3. The van der Waals surface area contributed by atoms with Gasteiger partial charge in [-0.05, 0) is 38.8 Å². The molecule has 0 spiro atoms. The predicted molar refractivity (Wildman–Crippen MR) is 74.4 cm³/mol. The number of hydrogen-bond donors (Lipinski definition) is 3. The number of carbonyl (C=O) groups excluding carboxylic acids is 2. The quantitative estimate of drug-likeness (QED) is 0.665. The van der Waals surface area contributed by atoms with E-state index in [0.29, 0.717) is 25.3 Å². The standard InChI is InChI=1S/C14H21N3O3/c1-10-5-9-20-12(10)14(19)17-8-3-7-16-13(18)11-4-2-6-15-11/h5,9,11,15H,2-4,6-8H2,1H3,(H,16,18)(H,17,19). The lowest BCUT2D eigenvalue weighted by Crippen LogP contribution is -2.41.